The Balaban J connectivity index is 2.19. The van der Waals surface area contributed by atoms with Crippen LogP contribution in [0.2, 0.25) is 0 Å². The molecule has 0 atom stereocenters. The van der Waals surface area contributed by atoms with Crippen molar-refractivity contribution in [3.8, 4) is 17.2 Å². The van der Waals surface area contributed by atoms with Gasteiger partial charge in [-0.1, -0.05) is 33.3 Å². The Bertz CT molecular complexity index is 894. The summed E-state index contributed by atoms with van der Waals surface area (Å²) in [6.45, 7) is 13.1. The summed E-state index contributed by atoms with van der Waals surface area (Å²) in [5, 5.41) is 0. The molecule has 0 heterocycles. The lowest BCUT2D eigenvalue weighted by Crippen LogP contribution is -2.02. The van der Waals surface area contributed by atoms with Gasteiger partial charge in [-0.15, -0.1) is 0 Å². The van der Waals surface area contributed by atoms with Crippen LogP contribution in [0.15, 0.2) is 54.8 Å². The van der Waals surface area contributed by atoms with Crippen LogP contribution in [0.4, 0.5) is 0 Å². The third-order valence-electron chi connectivity index (χ3n) is 4.66. The Labute approximate surface area is 186 Å². The summed E-state index contributed by atoms with van der Waals surface area (Å²) in [5.41, 5.74) is 2.48. The smallest absolute Gasteiger partial charge is 0.185 e. The molecule has 0 radical (unpaired) electrons. The number of benzene rings is 2. The number of unbranched alkanes of at least 4 members (excludes halogenated alkanes) is 2. The van der Waals surface area contributed by atoms with Crippen LogP contribution >= 0.6 is 0 Å². The van der Waals surface area contributed by atoms with E-state index in [0.29, 0.717) is 30.3 Å². The Morgan fingerprint density at radius 2 is 1.58 bits per heavy atom. The molecule has 0 aliphatic rings. The van der Waals surface area contributed by atoms with Gasteiger partial charge in [0.15, 0.2) is 5.78 Å². The minimum atomic E-state index is -0.0812. The van der Waals surface area contributed by atoms with Crippen molar-refractivity contribution in [2.75, 3.05) is 13.2 Å². The summed E-state index contributed by atoms with van der Waals surface area (Å²) in [7, 11) is 0. The van der Waals surface area contributed by atoms with E-state index in [1.807, 2.05) is 25.1 Å². The molecule has 0 aromatic heterocycles. The van der Waals surface area contributed by atoms with Gasteiger partial charge in [0.25, 0.3) is 0 Å². The molecule has 0 aliphatic carbocycles. The number of carbonyl (C=O) groups is 1. The van der Waals surface area contributed by atoms with E-state index in [9.17, 15) is 4.79 Å². The zero-order chi connectivity index (χ0) is 22.6. The number of hydrogen-bond donors (Lipinski definition) is 0. The van der Waals surface area contributed by atoms with E-state index < -0.39 is 0 Å². The molecule has 2 aromatic rings. The number of ketones is 1. The van der Waals surface area contributed by atoms with Crippen molar-refractivity contribution in [3.05, 3.63) is 71.5 Å². The van der Waals surface area contributed by atoms with Crippen molar-refractivity contribution in [1.29, 1.82) is 0 Å². The van der Waals surface area contributed by atoms with Crippen LogP contribution in [-0.2, 0) is 0 Å². The van der Waals surface area contributed by atoms with Gasteiger partial charge in [0.05, 0.1) is 19.0 Å². The second-order valence-electron chi connectivity index (χ2n) is 7.59. The van der Waals surface area contributed by atoms with Crippen LogP contribution in [0.5, 0.6) is 17.2 Å². The minimum absolute atomic E-state index is 0.0812. The largest absolute Gasteiger partial charge is 0.493 e. The maximum absolute atomic E-state index is 12.6. The second kappa shape index (κ2) is 12.6. The maximum Gasteiger partial charge on any atom is 0.185 e. The lowest BCUT2D eigenvalue weighted by molar-refractivity contribution is 0.104. The van der Waals surface area contributed by atoms with Crippen LogP contribution in [0.3, 0.4) is 0 Å². The summed E-state index contributed by atoms with van der Waals surface area (Å²) in [4.78, 5) is 12.6. The van der Waals surface area contributed by atoms with Crippen molar-refractivity contribution in [2.24, 2.45) is 0 Å². The van der Waals surface area contributed by atoms with E-state index in [2.05, 4.69) is 20.4 Å². The van der Waals surface area contributed by atoms with E-state index in [1.54, 1.807) is 37.3 Å². The normalized spacial score (nSPS) is 10.8. The van der Waals surface area contributed by atoms with Gasteiger partial charge >= 0.3 is 0 Å². The summed E-state index contributed by atoms with van der Waals surface area (Å²) < 4.78 is 17.4. The van der Waals surface area contributed by atoms with Crippen molar-refractivity contribution in [3.63, 3.8) is 0 Å². The van der Waals surface area contributed by atoms with Gasteiger partial charge < -0.3 is 14.2 Å². The van der Waals surface area contributed by atoms with Crippen molar-refractivity contribution >= 4 is 11.9 Å². The molecule has 31 heavy (non-hydrogen) atoms. The van der Waals surface area contributed by atoms with Gasteiger partial charge in [-0.05, 0) is 74.7 Å². The molecule has 0 saturated heterocycles. The van der Waals surface area contributed by atoms with E-state index in [0.717, 1.165) is 48.3 Å². The van der Waals surface area contributed by atoms with Gasteiger partial charge in [-0.3, -0.25) is 4.79 Å². The zero-order valence-electron chi connectivity index (χ0n) is 19.2. The second-order valence-corrected chi connectivity index (χ2v) is 7.59. The summed E-state index contributed by atoms with van der Waals surface area (Å²) in [6, 6.07) is 11.0. The summed E-state index contributed by atoms with van der Waals surface area (Å²) in [6.07, 6.45) is 7.51. The molecule has 0 spiro atoms. The molecule has 0 aliphatic heterocycles. The van der Waals surface area contributed by atoms with Gasteiger partial charge in [0.2, 0.25) is 0 Å². The third-order valence-corrected chi connectivity index (χ3v) is 4.66. The third kappa shape index (κ3) is 7.97. The van der Waals surface area contributed by atoms with Crippen molar-refractivity contribution in [2.45, 2.75) is 53.4 Å². The highest BCUT2D eigenvalue weighted by Crippen LogP contribution is 2.30. The van der Waals surface area contributed by atoms with E-state index in [-0.39, 0.29) is 5.78 Å². The highest BCUT2D eigenvalue weighted by atomic mass is 16.5. The number of aryl methyl sites for hydroxylation is 1. The predicted molar refractivity (Wildman–Crippen MR) is 127 cm³/mol. The van der Waals surface area contributed by atoms with Crippen LogP contribution in [0, 0.1) is 6.92 Å². The zero-order valence-corrected chi connectivity index (χ0v) is 19.2. The first kappa shape index (κ1) is 24.3. The average molecular weight is 423 g/mol. The summed E-state index contributed by atoms with van der Waals surface area (Å²) >= 11 is 0. The lowest BCUT2D eigenvalue weighted by atomic mass is 10.1. The Morgan fingerprint density at radius 1 is 0.968 bits per heavy atom. The van der Waals surface area contributed by atoms with Crippen LogP contribution < -0.4 is 14.2 Å². The number of carbonyl (C=O) groups excluding carboxylic acids is 1. The van der Waals surface area contributed by atoms with Crippen molar-refractivity contribution in [1.82, 2.24) is 0 Å². The van der Waals surface area contributed by atoms with Gasteiger partial charge in [0, 0.05) is 17.2 Å². The van der Waals surface area contributed by atoms with Gasteiger partial charge in [-0.2, -0.15) is 0 Å². The molecular formula is C27H34O4. The number of ether oxygens (including phenoxy) is 3. The van der Waals surface area contributed by atoms with Crippen molar-refractivity contribution < 1.29 is 19.0 Å². The first-order valence-corrected chi connectivity index (χ1v) is 11.0. The van der Waals surface area contributed by atoms with Crippen LogP contribution in [0.25, 0.3) is 6.08 Å². The van der Waals surface area contributed by atoms with Gasteiger partial charge in [-0.25, -0.2) is 0 Å². The first-order chi connectivity index (χ1) is 14.9. The maximum atomic E-state index is 12.6. The molecular weight excluding hydrogens is 388 g/mol. The Morgan fingerprint density at radius 3 is 2.16 bits per heavy atom. The molecule has 0 bridgehead atoms. The van der Waals surface area contributed by atoms with E-state index in [1.165, 1.54) is 0 Å². The summed E-state index contributed by atoms with van der Waals surface area (Å²) in [5.74, 6) is 2.75. The quantitative estimate of drug-likeness (QED) is 0.149. The lowest BCUT2D eigenvalue weighted by Gasteiger charge is -2.14. The van der Waals surface area contributed by atoms with E-state index >= 15 is 0 Å². The van der Waals surface area contributed by atoms with Crippen LogP contribution in [-0.4, -0.2) is 19.0 Å². The minimum Gasteiger partial charge on any atom is -0.493 e. The first-order valence-electron chi connectivity index (χ1n) is 11.0. The molecule has 0 saturated carbocycles. The standard InChI is InChI=1S/C27H34O4/c1-6-8-16-29-26-19-27(30-17-9-7-2)23(18-21(26)5)12-15-25(28)22-10-13-24(14-11-22)31-20(3)4/h10-15,18-19H,3,6-9,16-17H2,1-2,4-5H3/b15-12+. The molecule has 0 N–H and O–H groups in total. The SMILES string of the molecule is C=C(C)Oc1ccc(C(=O)/C=C/c2cc(C)c(OCCCC)cc2OCCCC)cc1. The Hall–Kier alpha value is -3.01. The highest BCUT2D eigenvalue weighted by Gasteiger charge is 2.10. The topological polar surface area (TPSA) is 44.8 Å². The molecule has 0 amide bonds. The van der Waals surface area contributed by atoms with Crippen LogP contribution in [0.1, 0.15) is 67.9 Å². The molecule has 166 valence electrons. The molecule has 0 unspecified atom stereocenters. The Kier molecular flexibility index (Phi) is 9.89. The van der Waals surface area contributed by atoms with E-state index in [4.69, 9.17) is 14.2 Å². The molecule has 0 fully saturated rings. The molecule has 4 nitrogen and oxygen atoms in total. The number of allylic oxidation sites excluding steroid dienone is 2. The molecule has 4 heteroatoms. The molecule has 2 rings (SSSR count). The highest BCUT2D eigenvalue weighted by molar-refractivity contribution is 6.07. The average Bonchev–Trinajstić information content (AvgIpc) is 2.74. The predicted octanol–water partition coefficient (Wildman–Crippen LogP) is 7.16. The number of hydrogen-bond acceptors (Lipinski definition) is 4. The van der Waals surface area contributed by atoms with Gasteiger partial charge in [0.1, 0.15) is 17.2 Å². The fraction of sp³-hybridized carbons (Fsp3) is 0.370. The number of rotatable bonds is 13. The molecule has 2 aromatic carbocycles. The monoisotopic (exact) mass is 422 g/mol. The fourth-order valence-corrected chi connectivity index (χ4v) is 2.91. The fourth-order valence-electron chi connectivity index (χ4n) is 2.91.